The number of nitrogens with one attached hydrogen (secondary N) is 1. The van der Waals surface area contributed by atoms with E-state index in [1.54, 1.807) is 6.20 Å². The molecule has 0 bridgehead atoms. The van der Waals surface area contributed by atoms with Crippen LogP contribution in [0.4, 0.5) is 0 Å². The Hall–Kier alpha value is -2.88. The lowest BCUT2D eigenvalue weighted by atomic mass is 10.1. The number of pyridine rings is 1. The van der Waals surface area contributed by atoms with E-state index in [4.69, 9.17) is 15.9 Å². The van der Waals surface area contributed by atoms with Gasteiger partial charge in [0, 0.05) is 6.20 Å². The summed E-state index contributed by atoms with van der Waals surface area (Å²) >= 11 is 0. The van der Waals surface area contributed by atoms with Crippen molar-refractivity contribution in [2.45, 2.75) is 6.92 Å². The molecule has 0 unspecified atom stereocenters. The molecule has 0 aliphatic carbocycles. The lowest BCUT2D eigenvalue weighted by Gasteiger charge is -2.11. The number of hydrogen-bond donors (Lipinski definition) is 2. The summed E-state index contributed by atoms with van der Waals surface area (Å²) in [5.74, 6) is 0.989. The summed E-state index contributed by atoms with van der Waals surface area (Å²) in [4.78, 5) is 4.19. The number of ether oxygens (including phenoxy) is 1. The van der Waals surface area contributed by atoms with Crippen LogP contribution in [-0.4, -0.2) is 10.8 Å². The molecular formula is C17H15N3O. The highest BCUT2D eigenvalue weighted by Gasteiger charge is 2.12. The van der Waals surface area contributed by atoms with E-state index in [-0.39, 0.29) is 5.84 Å². The Morgan fingerprint density at radius 1 is 1.10 bits per heavy atom. The van der Waals surface area contributed by atoms with E-state index in [9.17, 15) is 0 Å². The van der Waals surface area contributed by atoms with Crippen molar-refractivity contribution in [3.8, 4) is 11.6 Å². The number of aryl methyl sites for hydroxylation is 1. The highest BCUT2D eigenvalue weighted by molar-refractivity contribution is 5.98. The summed E-state index contributed by atoms with van der Waals surface area (Å²) in [6.07, 6.45) is 1.65. The second kappa shape index (κ2) is 5.25. The number of aromatic nitrogens is 1. The number of hydrogen-bond acceptors (Lipinski definition) is 3. The third kappa shape index (κ3) is 2.56. The summed E-state index contributed by atoms with van der Waals surface area (Å²) in [6.45, 7) is 1.88. The molecule has 0 amide bonds. The number of amidine groups is 1. The number of fused-ring (bicyclic) bond motifs is 1. The third-order valence-corrected chi connectivity index (χ3v) is 3.33. The average Bonchev–Trinajstić information content (AvgIpc) is 2.47. The molecule has 0 atom stereocenters. The topological polar surface area (TPSA) is 72.0 Å². The molecule has 4 nitrogen and oxygen atoms in total. The van der Waals surface area contributed by atoms with Crippen LogP contribution in [0.15, 0.2) is 54.7 Å². The highest BCUT2D eigenvalue weighted by atomic mass is 16.5. The zero-order valence-electron chi connectivity index (χ0n) is 11.6. The van der Waals surface area contributed by atoms with Crippen molar-refractivity contribution in [3.63, 3.8) is 0 Å². The van der Waals surface area contributed by atoms with Gasteiger partial charge in [0.05, 0.1) is 5.56 Å². The number of nitrogens with two attached hydrogens (primary N) is 1. The first-order valence-corrected chi connectivity index (χ1v) is 6.62. The average molecular weight is 277 g/mol. The predicted molar refractivity (Wildman–Crippen MR) is 84.0 cm³/mol. The maximum Gasteiger partial charge on any atom is 0.230 e. The van der Waals surface area contributed by atoms with Gasteiger partial charge in [-0.2, -0.15) is 0 Å². The molecule has 0 aliphatic heterocycles. The molecule has 2 aromatic carbocycles. The molecule has 1 heterocycles. The van der Waals surface area contributed by atoms with Crippen LogP contribution in [-0.2, 0) is 0 Å². The first-order chi connectivity index (χ1) is 10.1. The van der Waals surface area contributed by atoms with Gasteiger partial charge in [-0.05, 0) is 41.5 Å². The first-order valence-electron chi connectivity index (χ1n) is 6.62. The van der Waals surface area contributed by atoms with Gasteiger partial charge in [0.15, 0.2) is 0 Å². The number of benzene rings is 2. The minimum atomic E-state index is -0.0450. The van der Waals surface area contributed by atoms with Gasteiger partial charge in [-0.25, -0.2) is 4.98 Å². The van der Waals surface area contributed by atoms with Crippen LogP contribution in [0, 0.1) is 12.3 Å². The molecule has 0 saturated heterocycles. The number of nitrogens with zero attached hydrogens (tertiary/aromatic N) is 1. The van der Waals surface area contributed by atoms with Gasteiger partial charge in [-0.3, -0.25) is 5.41 Å². The second-order valence-electron chi connectivity index (χ2n) is 4.83. The van der Waals surface area contributed by atoms with E-state index in [2.05, 4.69) is 4.98 Å². The van der Waals surface area contributed by atoms with Crippen LogP contribution in [0.1, 0.15) is 11.1 Å². The molecule has 3 N–H and O–H groups in total. The van der Waals surface area contributed by atoms with Crippen LogP contribution in [0.2, 0.25) is 0 Å². The fourth-order valence-electron chi connectivity index (χ4n) is 2.28. The van der Waals surface area contributed by atoms with Crippen molar-refractivity contribution in [2.75, 3.05) is 0 Å². The van der Waals surface area contributed by atoms with Crippen LogP contribution >= 0.6 is 0 Å². The molecule has 104 valence electrons. The van der Waals surface area contributed by atoms with E-state index in [1.807, 2.05) is 55.5 Å². The molecule has 0 aliphatic rings. The minimum Gasteiger partial charge on any atom is -0.438 e. The van der Waals surface area contributed by atoms with Crippen LogP contribution in [0.5, 0.6) is 11.6 Å². The van der Waals surface area contributed by atoms with Gasteiger partial charge in [0.25, 0.3) is 0 Å². The van der Waals surface area contributed by atoms with Crippen molar-refractivity contribution in [1.82, 2.24) is 4.98 Å². The molecule has 0 spiro atoms. The standard InChI is InChI=1S/C17H15N3O/c1-11-8-9-20-17(15(11)16(18)19)21-14-7-6-12-4-2-3-5-13(12)10-14/h2-10H,1H3,(H3,18,19). The van der Waals surface area contributed by atoms with Crippen molar-refractivity contribution >= 4 is 16.6 Å². The predicted octanol–water partition coefficient (Wildman–Crippen LogP) is 3.62. The maximum absolute atomic E-state index is 7.67. The number of nitrogen functional groups attached to an aromatic ring is 1. The van der Waals surface area contributed by atoms with E-state index < -0.39 is 0 Å². The molecule has 0 saturated carbocycles. The normalized spacial score (nSPS) is 10.5. The summed E-state index contributed by atoms with van der Waals surface area (Å²) in [5, 5.41) is 9.91. The summed E-state index contributed by atoms with van der Waals surface area (Å²) < 4.78 is 5.83. The molecule has 3 aromatic rings. The molecule has 3 rings (SSSR count). The summed E-state index contributed by atoms with van der Waals surface area (Å²) in [5.41, 5.74) is 7.02. The number of rotatable bonds is 3. The van der Waals surface area contributed by atoms with Gasteiger partial charge in [-0.1, -0.05) is 30.3 Å². The van der Waals surface area contributed by atoms with E-state index in [1.165, 1.54) is 0 Å². The summed E-state index contributed by atoms with van der Waals surface area (Å²) in [7, 11) is 0. The van der Waals surface area contributed by atoms with E-state index in [0.717, 1.165) is 16.3 Å². The maximum atomic E-state index is 7.67. The molecule has 0 radical (unpaired) electrons. The fraction of sp³-hybridized carbons (Fsp3) is 0.0588. The smallest absolute Gasteiger partial charge is 0.230 e. The molecular weight excluding hydrogens is 262 g/mol. The zero-order valence-corrected chi connectivity index (χ0v) is 11.6. The van der Waals surface area contributed by atoms with Gasteiger partial charge in [0.1, 0.15) is 11.6 Å². The fourth-order valence-corrected chi connectivity index (χ4v) is 2.28. The van der Waals surface area contributed by atoms with Crippen LogP contribution < -0.4 is 10.5 Å². The SMILES string of the molecule is Cc1ccnc(Oc2ccc3ccccc3c2)c1C(=N)N. The summed E-state index contributed by atoms with van der Waals surface area (Å²) in [6, 6.07) is 15.7. The molecule has 21 heavy (non-hydrogen) atoms. The zero-order chi connectivity index (χ0) is 14.8. The van der Waals surface area contributed by atoms with Crippen molar-refractivity contribution < 1.29 is 4.74 Å². The van der Waals surface area contributed by atoms with Gasteiger partial charge in [-0.15, -0.1) is 0 Å². The van der Waals surface area contributed by atoms with Crippen LogP contribution in [0.3, 0.4) is 0 Å². The van der Waals surface area contributed by atoms with Crippen molar-refractivity contribution in [3.05, 3.63) is 65.9 Å². The monoisotopic (exact) mass is 277 g/mol. The van der Waals surface area contributed by atoms with Gasteiger partial charge >= 0.3 is 0 Å². The van der Waals surface area contributed by atoms with Gasteiger partial charge in [0.2, 0.25) is 5.88 Å². The lowest BCUT2D eigenvalue weighted by Crippen LogP contribution is -2.14. The lowest BCUT2D eigenvalue weighted by molar-refractivity contribution is 0.462. The molecule has 4 heteroatoms. The Bertz CT molecular complexity index is 827. The Morgan fingerprint density at radius 2 is 1.86 bits per heavy atom. The Balaban J connectivity index is 2.02. The van der Waals surface area contributed by atoms with Gasteiger partial charge < -0.3 is 10.5 Å². The van der Waals surface area contributed by atoms with Crippen molar-refractivity contribution in [2.24, 2.45) is 5.73 Å². The van der Waals surface area contributed by atoms with Crippen LogP contribution in [0.25, 0.3) is 10.8 Å². The largest absolute Gasteiger partial charge is 0.438 e. The van der Waals surface area contributed by atoms with E-state index in [0.29, 0.717) is 17.2 Å². The second-order valence-corrected chi connectivity index (χ2v) is 4.83. The Labute approximate surface area is 122 Å². The van der Waals surface area contributed by atoms with E-state index >= 15 is 0 Å². The van der Waals surface area contributed by atoms with Crippen molar-refractivity contribution in [1.29, 1.82) is 5.41 Å². The minimum absolute atomic E-state index is 0.0450. The first kappa shape index (κ1) is 13.1. The molecule has 1 aromatic heterocycles. The highest BCUT2D eigenvalue weighted by Crippen LogP contribution is 2.27. The quantitative estimate of drug-likeness (QED) is 0.567. The Morgan fingerprint density at radius 3 is 2.62 bits per heavy atom. The Kier molecular flexibility index (Phi) is 3.28. The third-order valence-electron chi connectivity index (χ3n) is 3.33. The molecule has 0 fully saturated rings.